The van der Waals surface area contributed by atoms with Crippen molar-refractivity contribution in [3.05, 3.63) is 29.6 Å². The fourth-order valence-corrected chi connectivity index (χ4v) is 1.26. The molecule has 70 valence electrons. The van der Waals surface area contributed by atoms with Crippen LogP contribution in [0.5, 0.6) is 5.75 Å². The number of hydrogen-bond acceptors (Lipinski definition) is 2. The zero-order valence-corrected chi connectivity index (χ0v) is 8.17. The summed E-state index contributed by atoms with van der Waals surface area (Å²) in [6.07, 6.45) is -0.910. The molecule has 0 saturated heterocycles. The standard InChI is InChI=1S/C8H7BrFNO2/c9-4-5-3-6(13-8(11)12)1-2-7(5)10/h1-3H,4H2,(H2,11,12). The van der Waals surface area contributed by atoms with Gasteiger partial charge in [0.15, 0.2) is 0 Å². The Labute approximate surface area is 82.8 Å². The van der Waals surface area contributed by atoms with Crippen molar-refractivity contribution in [3.63, 3.8) is 0 Å². The molecule has 1 aromatic carbocycles. The van der Waals surface area contributed by atoms with Crippen LogP contribution in [0.1, 0.15) is 5.56 Å². The van der Waals surface area contributed by atoms with E-state index in [1.54, 1.807) is 0 Å². The van der Waals surface area contributed by atoms with Crippen molar-refractivity contribution in [1.82, 2.24) is 0 Å². The maximum absolute atomic E-state index is 12.9. The first-order valence-electron chi connectivity index (χ1n) is 3.45. The van der Waals surface area contributed by atoms with Crippen LogP contribution in [-0.4, -0.2) is 6.09 Å². The predicted octanol–water partition coefficient (Wildman–Crippen LogP) is 2.18. The summed E-state index contributed by atoms with van der Waals surface area (Å²) in [6.45, 7) is 0. The Bertz CT molecular complexity index is 330. The van der Waals surface area contributed by atoms with Crippen LogP contribution < -0.4 is 10.5 Å². The van der Waals surface area contributed by atoms with E-state index in [0.29, 0.717) is 10.9 Å². The van der Waals surface area contributed by atoms with Crippen molar-refractivity contribution in [2.45, 2.75) is 5.33 Å². The summed E-state index contributed by atoms with van der Waals surface area (Å²) in [7, 11) is 0. The molecule has 2 N–H and O–H groups in total. The van der Waals surface area contributed by atoms with Crippen LogP contribution in [0.3, 0.4) is 0 Å². The maximum Gasteiger partial charge on any atom is 0.409 e. The molecule has 0 atom stereocenters. The third-order valence-corrected chi connectivity index (χ3v) is 1.98. The van der Waals surface area contributed by atoms with Gasteiger partial charge in [-0.15, -0.1) is 0 Å². The highest BCUT2D eigenvalue weighted by atomic mass is 79.9. The molecule has 0 heterocycles. The minimum atomic E-state index is -0.910. The van der Waals surface area contributed by atoms with E-state index in [1.807, 2.05) is 0 Å². The van der Waals surface area contributed by atoms with Gasteiger partial charge in [0.2, 0.25) is 0 Å². The first-order chi connectivity index (χ1) is 6.13. The van der Waals surface area contributed by atoms with Gasteiger partial charge in [0.1, 0.15) is 11.6 Å². The molecular formula is C8H7BrFNO2. The largest absolute Gasteiger partial charge is 0.410 e. The van der Waals surface area contributed by atoms with Crippen molar-refractivity contribution >= 4 is 22.0 Å². The summed E-state index contributed by atoms with van der Waals surface area (Å²) in [5.41, 5.74) is 5.20. The molecule has 1 aromatic rings. The Morgan fingerprint density at radius 2 is 2.31 bits per heavy atom. The van der Waals surface area contributed by atoms with Crippen molar-refractivity contribution in [2.24, 2.45) is 5.73 Å². The Kier molecular flexibility index (Phi) is 3.25. The normalized spacial score (nSPS) is 9.69. The van der Waals surface area contributed by atoms with Crippen molar-refractivity contribution in [2.75, 3.05) is 0 Å². The van der Waals surface area contributed by atoms with Crippen LogP contribution >= 0.6 is 15.9 Å². The highest BCUT2D eigenvalue weighted by Gasteiger charge is 2.04. The van der Waals surface area contributed by atoms with E-state index < -0.39 is 6.09 Å². The molecule has 0 aliphatic carbocycles. The van der Waals surface area contributed by atoms with E-state index >= 15 is 0 Å². The van der Waals surface area contributed by atoms with Crippen LogP contribution in [0.2, 0.25) is 0 Å². The van der Waals surface area contributed by atoms with E-state index in [1.165, 1.54) is 18.2 Å². The number of primary amides is 1. The monoisotopic (exact) mass is 247 g/mol. The highest BCUT2D eigenvalue weighted by molar-refractivity contribution is 9.08. The number of benzene rings is 1. The third kappa shape index (κ3) is 2.69. The van der Waals surface area contributed by atoms with Crippen LogP contribution in [-0.2, 0) is 5.33 Å². The molecule has 0 bridgehead atoms. The summed E-state index contributed by atoms with van der Waals surface area (Å²) in [5.74, 6) is -0.114. The van der Waals surface area contributed by atoms with Crippen molar-refractivity contribution in [3.8, 4) is 5.75 Å². The molecule has 0 aromatic heterocycles. The van der Waals surface area contributed by atoms with Gasteiger partial charge in [-0.05, 0) is 18.2 Å². The molecule has 0 saturated carbocycles. The van der Waals surface area contributed by atoms with Gasteiger partial charge in [-0.25, -0.2) is 9.18 Å². The van der Waals surface area contributed by atoms with Gasteiger partial charge in [0.25, 0.3) is 0 Å². The zero-order chi connectivity index (χ0) is 9.84. The highest BCUT2D eigenvalue weighted by Crippen LogP contribution is 2.18. The molecule has 13 heavy (non-hydrogen) atoms. The lowest BCUT2D eigenvalue weighted by Gasteiger charge is -2.03. The second kappa shape index (κ2) is 4.23. The lowest BCUT2D eigenvalue weighted by molar-refractivity contribution is 0.211. The van der Waals surface area contributed by atoms with Crippen LogP contribution in [0.4, 0.5) is 9.18 Å². The first kappa shape index (κ1) is 9.98. The number of amides is 1. The molecule has 0 spiro atoms. The summed E-state index contributed by atoms with van der Waals surface area (Å²) in [5, 5.41) is 0.356. The number of hydrogen-bond donors (Lipinski definition) is 1. The second-order valence-electron chi connectivity index (χ2n) is 2.31. The number of carbonyl (C=O) groups excluding carboxylic acids is 1. The van der Waals surface area contributed by atoms with Gasteiger partial charge >= 0.3 is 6.09 Å². The van der Waals surface area contributed by atoms with Crippen molar-refractivity contribution in [1.29, 1.82) is 0 Å². The molecule has 1 amide bonds. The van der Waals surface area contributed by atoms with Gasteiger partial charge in [0, 0.05) is 10.9 Å². The number of alkyl halides is 1. The van der Waals surface area contributed by atoms with Crippen LogP contribution in [0, 0.1) is 5.82 Å². The molecule has 0 aliphatic rings. The minimum Gasteiger partial charge on any atom is -0.410 e. The molecular weight excluding hydrogens is 241 g/mol. The van der Waals surface area contributed by atoms with Gasteiger partial charge in [0.05, 0.1) is 0 Å². The van der Waals surface area contributed by atoms with Gasteiger partial charge in [-0.1, -0.05) is 15.9 Å². The average molecular weight is 248 g/mol. The van der Waals surface area contributed by atoms with E-state index in [9.17, 15) is 9.18 Å². The molecule has 0 unspecified atom stereocenters. The molecule has 0 aliphatic heterocycles. The topological polar surface area (TPSA) is 52.3 Å². The van der Waals surface area contributed by atoms with Gasteiger partial charge in [-0.3, -0.25) is 0 Å². The number of rotatable bonds is 2. The molecule has 5 heteroatoms. The van der Waals surface area contributed by atoms with E-state index in [2.05, 4.69) is 20.7 Å². The lowest BCUT2D eigenvalue weighted by Crippen LogP contribution is -2.16. The smallest absolute Gasteiger partial charge is 0.409 e. The Morgan fingerprint density at radius 1 is 1.62 bits per heavy atom. The predicted molar refractivity (Wildman–Crippen MR) is 49.2 cm³/mol. The Balaban J connectivity index is 2.92. The third-order valence-electron chi connectivity index (χ3n) is 1.38. The fraction of sp³-hybridized carbons (Fsp3) is 0.125. The maximum atomic E-state index is 12.9. The lowest BCUT2D eigenvalue weighted by atomic mass is 10.2. The number of halogens is 2. The van der Waals surface area contributed by atoms with E-state index in [-0.39, 0.29) is 11.6 Å². The number of ether oxygens (including phenoxy) is 1. The minimum absolute atomic E-state index is 0.239. The molecule has 3 nitrogen and oxygen atoms in total. The average Bonchev–Trinajstić information content (AvgIpc) is 2.07. The first-order valence-corrected chi connectivity index (χ1v) is 4.57. The Morgan fingerprint density at radius 3 is 2.85 bits per heavy atom. The summed E-state index contributed by atoms with van der Waals surface area (Å²) < 4.78 is 17.5. The SMILES string of the molecule is NC(=O)Oc1ccc(F)c(CBr)c1. The van der Waals surface area contributed by atoms with Gasteiger partial charge < -0.3 is 10.5 Å². The van der Waals surface area contributed by atoms with Crippen LogP contribution in [0.25, 0.3) is 0 Å². The summed E-state index contributed by atoms with van der Waals surface area (Å²) >= 11 is 3.10. The Hall–Kier alpha value is -1.10. The van der Waals surface area contributed by atoms with Crippen LogP contribution in [0.15, 0.2) is 18.2 Å². The number of nitrogens with two attached hydrogens (primary N) is 1. The quantitative estimate of drug-likeness (QED) is 0.815. The van der Waals surface area contributed by atoms with Crippen molar-refractivity contribution < 1.29 is 13.9 Å². The van der Waals surface area contributed by atoms with Gasteiger partial charge in [-0.2, -0.15) is 0 Å². The molecule has 1 rings (SSSR count). The van der Waals surface area contributed by atoms with E-state index in [0.717, 1.165) is 0 Å². The molecule has 0 radical (unpaired) electrons. The zero-order valence-electron chi connectivity index (χ0n) is 6.59. The number of carbonyl (C=O) groups is 1. The molecule has 0 fully saturated rings. The fourth-order valence-electron chi connectivity index (χ4n) is 0.833. The summed E-state index contributed by atoms with van der Waals surface area (Å²) in [6, 6.07) is 3.97. The van der Waals surface area contributed by atoms with E-state index in [4.69, 9.17) is 5.73 Å². The summed E-state index contributed by atoms with van der Waals surface area (Å²) in [4.78, 5) is 10.3. The second-order valence-corrected chi connectivity index (χ2v) is 2.87.